The highest BCUT2D eigenvalue weighted by Gasteiger charge is 2.22. The minimum Gasteiger partial charge on any atom is -0.493 e. The largest absolute Gasteiger partial charge is 0.493 e. The van der Waals surface area contributed by atoms with Crippen molar-refractivity contribution in [3.8, 4) is 11.5 Å². The van der Waals surface area contributed by atoms with Gasteiger partial charge in [0, 0.05) is 27.2 Å². The highest BCUT2D eigenvalue weighted by atomic mass is 16.5. The van der Waals surface area contributed by atoms with E-state index in [4.69, 9.17) is 9.47 Å². The SMILES string of the molecule is COc1cc2c(cc1OC)CCN(C(=O)c1cnc(N(C)C)cn1)CC2. The monoisotopic (exact) mass is 356 g/mol. The van der Waals surface area contributed by atoms with Gasteiger partial charge < -0.3 is 19.3 Å². The second-order valence-corrected chi connectivity index (χ2v) is 6.42. The van der Waals surface area contributed by atoms with Gasteiger partial charge in [-0.2, -0.15) is 0 Å². The first-order chi connectivity index (χ1) is 12.5. The van der Waals surface area contributed by atoms with Crippen LogP contribution in [0, 0.1) is 0 Å². The van der Waals surface area contributed by atoms with Crippen LogP contribution in [-0.4, -0.2) is 62.2 Å². The van der Waals surface area contributed by atoms with E-state index in [1.807, 2.05) is 36.0 Å². The van der Waals surface area contributed by atoms with Crippen molar-refractivity contribution in [2.24, 2.45) is 0 Å². The van der Waals surface area contributed by atoms with Crippen molar-refractivity contribution in [2.75, 3.05) is 46.3 Å². The molecule has 1 aliphatic heterocycles. The van der Waals surface area contributed by atoms with Gasteiger partial charge in [0.1, 0.15) is 11.5 Å². The third-order valence-electron chi connectivity index (χ3n) is 4.61. The summed E-state index contributed by atoms with van der Waals surface area (Å²) in [5.74, 6) is 2.07. The Morgan fingerprint density at radius 2 is 1.58 bits per heavy atom. The van der Waals surface area contributed by atoms with Crippen molar-refractivity contribution >= 4 is 11.7 Å². The van der Waals surface area contributed by atoms with E-state index < -0.39 is 0 Å². The Balaban J connectivity index is 1.77. The van der Waals surface area contributed by atoms with E-state index in [9.17, 15) is 4.79 Å². The Hall–Kier alpha value is -2.83. The van der Waals surface area contributed by atoms with Gasteiger partial charge in [-0.3, -0.25) is 4.79 Å². The fourth-order valence-electron chi connectivity index (χ4n) is 3.08. The van der Waals surface area contributed by atoms with Crippen molar-refractivity contribution in [2.45, 2.75) is 12.8 Å². The summed E-state index contributed by atoms with van der Waals surface area (Å²) in [4.78, 5) is 25.0. The number of aromatic nitrogens is 2. The lowest BCUT2D eigenvalue weighted by Gasteiger charge is -2.20. The predicted octanol–water partition coefficient (Wildman–Crippen LogP) is 1.80. The quantitative estimate of drug-likeness (QED) is 0.832. The highest BCUT2D eigenvalue weighted by Crippen LogP contribution is 2.32. The molecule has 0 fully saturated rings. The zero-order valence-corrected chi connectivity index (χ0v) is 15.7. The summed E-state index contributed by atoms with van der Waals surface area (Å²) in [7, 11) is 7.04. The molecule has 1 amide bonds. The second-order valence-electron chi connectivity index (χ2n) is 6.42. The Kier molecular flexibility index (Phi) is 5.25. The average Bonchev–Trinajstić information content (AvgIpc) is 2.88. The molecule has 7 nitrogen and oxygen atoms in total. The molecule has 7 heteroatoms. The summed E-state index contributed by atoms with van der Waals surface area (Å²) < 4.78 is 10.8. The van der Waals surface area contributed by atoms with Crippen LogP contribution in [-0.2, 0) is 12.8 Å². The van der Waals surface area contributed by atoms with Gasteiger partial charge in [0.05, 0.1) is 26.6 Å². The molecule has 0 saturated heterocycles. The number of amides is 1. The molecule has 0 unspecified atom stereocenters. The van der Waals surface area contributed by atoms with E-state index in [0.29, 0.717) is 18.8 Å². The van der Waals surface area contributed by atoms with E-state index >= 15 is 0 Å². The number of hydrogen-bond acceptors (Lipinski definition) is 6. The lowest BCUT2D eigenvalue weighted by atomic mass is 10.0. The van der Waals surface area contributed by atoms with Crippen molar-refractivity contribution in [3.05, 3.63) is 41.3 Å². The van der Waals surface area contributed by atoms with Crippen molar-refractivity contribution in [3.63, 3.8) is 0 Å². The molecule has 3 rings (SSSR count). The standard InChI is InChI=1S/C19H24N4O3/c1-22(2)18-12-20-15(11-21-18)19(24)23-7-5-13-9-16(25-3)17(26-4)10-14(13)6-8-23/h9-12H,5-8H2,1-4H3. The van der Waals surface area contributed by atoms with Crippen LogP contribution >= 0.6 is 0 Å². The summed E-state index contributed by atoms with van der Waals surface area (Å²) in [6.45, 7) is 1.27. The van der Waals surface area contributed by atoms with Crippen LogP contribution in [0.2, 0.25) is 0 Å². The normalized spacial score (nSPS) is 13.6. The van der Waals surface area contributed by atoms with Crippen LogP contribution in [0.1, 0.15) is 21.6 Å². The molecular formula is C19H24N4O3. The molecule has 0 bridgehead atoms. The zero-order valence-electron chi connectivity index (χ0n) is 15.7. The van der Waals surface area contributed by atoms with E-state index in [1.54, 1.807) is 26.6 Å². The summed E-state index contributed by atoms with van der Waals surface area (Å²) in [6, 6.07) is 4.02. The van der Waals surface area contributed by atoms with Gasteiger partial charge in [0.2, 0.25) is 0 Å². The molecule has 1 aromatic heterocycles. The van der Waals surface area contributed by atoms with Crippen LogP contribution in [0.15, 0.2) is 24.5 Å². The number of methoxy groups -OCH3 is 2. The third-order valence-corrected chi connectivity index (χ3v) is 4.61. The number of carbonyl (C=O) groups excluding carboxylic acids is 1. The summed E-state index contributed by atoms with van der Waals surface area (Å²) in [5, 5.41) is 0. The topological polar surface area (TPSA) is 67.8 Å². The van der Waals surface area contributed by atoms with Gasteiger partial charge in [-0.15, -0.1) is 0 Å². The Morgan fingerprint density at radius 3 is 2.00 bits per heavy atom. The second kappa shape index (κ2) is 7.59. The number of ether oxygens (including phenoxy) is 2. The van der Waals surface area contributed by atoms with Gasteiger partial charge in [-0.1, -0.05) is 0 Å². The van der Waals surface area contributed by atoms with Crippen molar-refractivity contribution in [1.29, 1.82) is 0 Å². The molecule has 26 heavy (non-hydrogen) atoms. The molecule has 0 aliphatic carbocycles. The Morgan fingerprint density at radius 1 is 1.00 bits per heavy atom. The summed E-state index contributed by atoms with van der Waals surface area (Å²) in [6.07, 6.45) is 4.70. The minimum atomic E-state index is -0.0884. The van der Waals surface area contributed by atoms with Crippen LogP contribution in [0.25, 0.3) is 0 Å². The molecule has 0 N–H and O–H groups in total. The maximum absolute atomic E-state index is 12.8. The lowest BCUT2D eigenvalue weighted by Crippen LogP contribution is -2.34. The number of fused-ring (bicyclic) bond motifs is 1. The van der Waals surface area contributed by atoms with Gasteiger partial charge in [-0.05, 0) is 36.1 Å². The minimum absolute atomic E-state index is 0.0884. The maximum atomic E-state index is 12.8. The van der Waals surface area contributed by atoms with E-state index in [1.165, 1.54) is 11.1 Å². The van der Waals surface area contributed by atoms with Crippen LogP contribution < -0.4 is 14.4 Å². The fraction of sp³-hybridized carbons (Fsp3) is 0.421. The smallest absolute Gasteiger partial charge is 0.274 e. The zero-order chi connectivity index (χ0) is 18.7. The number of anilines is 1. The molecule has 138 valence electrons. The molecule has 0 atom stereocenters. The molecular weight excluding hydrogens is 332 g/mol. The third kappa shape index (κ3) is 3.56. The first-order valence-corrected chi connectivity index (χ1v) is 8.56. The number of hydrogen-bond donors (Lipinski definition) is 0. The van der Waals surface area contributed by atoms with E-state index in [-0.39, 0.29) is 5.91 Å². The van der Waals surface area contributed by atoms with E-state index in [0.717, 1.165) is 30.2 Å². The van der Waals surface area contributed by atoms with Gasteiger partial charge in [0.25, 0.3) is 5.91 Å². The molecule has 0 spiro atoms. The van der Waals surface area contributed by atoms with Gasteiger partial charge in [-0.25, -0.2) is 9.97 Å². The lowest BCUT2D eigenvalue weighted by molar-refractivity contribution is 0.0756. The van der Waals surface area contributed by atoms with Crippen LogP contribution in [0.3, 0.4) is 0 Å². The molecule has 2 heterocycles. The Labute approximate surface area is 153 Å². The molecule has 0 saturated carbocycles. The van der Waals surface area contributed by atoms with Gasteiger partial charge >= 0.3 is 0 Å². The Bertz CT molecular complexity index is 755. The van der Waals surface area contributed by atoms with Crippen molar-refractivity contribution < 1.29 is 14.3 Å². The number of carbonyl (C=O) groups is 1. The first kappa shape index (κ1) is 18.0. The fourth-order valence-corrected chi connectivity index (χ4v) is 3.08. The average molecular weight is 356 g/mol. The predicted molar refractivity (Wildman–Crippen MR) is 99.2 cm³/mol. The van der Waals surface area contributed by atoms with E-state index in [2.05, 4.69) is 9.97 Å². The molecule has 0 radical (unpaired) electrons. The summed E-state index contributed by atoms with van der Waals surface area (Å²) >= 11 is 0. The summed E-state index contributed by atoms with van der Waals surface area (Å²) in [5.41, 5.74) is 2.75. The van der Waals surface area contributed by atoms with Crippen LogP contribution in [0.4, 0.5) is 5.82 Å². The number of rotatable bonds is 4. The van der Waals surface area contributed by atoms with Crippen molar-refractivity contribution in [1.82, 2.24) is 14.9 Å². The first-order valence-electron chi connectivity index (χ1n) is 8.56. The molecule has 2 aromatic rings. The maximum Gasteiger partial charge on any atom is 0.274 e. The van der Waals surface area contributed by atoms with Crippen LogP contribution in [0.5, 0.6) is 11.5 Å². The molecule has 1 aromatic carbocycles. The van der Waals surface area contributed by atoms with Gasteiger partial charge in [0.15, 0.2) is 11.5 Å². The molecule has 1 aliphatic rings. The highest BCUT2D eigenvalue weighted by molar-refractivity contribution is 5.92. The number of nitrogens with zero attached hydrogens (tertiary/aromatic N) is 4. The number of benzene rings is 1.